The number of aliphatic hydroxyl groups is 1. The molecule has 0 unspecified atom stereocenters. The number of anilines is 1. The molecule has 0 radical (unpaired) electrons. The number of hydrogen-bond donors (Lipinski definition) is 2. The fourth-order valence-corrected chi connectivity index (χ4v) is 2.05. The number of aliphatic hydroxyl groups excluding tert-OH is 1. The van der Waals surface area contributed by atoms with Gasteiger partial charge in [0.15, 0.2) is 0 Å². The summed E-state index contributed by atoms with van der Waals surface area (Å²) >= 11 is 0. The van der Waals surface area contributed by atoms with E-state index in [9.17, 15) is 5.11 Å². The number of likely N-dealkylation sites (N-methyl/N-ethyl adjacent to an activating group) is 1. The normalized spacial score (nSPS) is 11.7. The van der Waals surface area contributed by atoms with Crippen LogP contribution in [0.1, 0.15) is 38.3 Å². The molecular formula is C16H28N2O. The molecule has 1 aromatic carbocycles. The van der Waals surface area contributed by atoms with Crippen LogP contribution in [0.3, 0.4) is 0 Å². The lowest BCUT2D eigenvalue weighted by Gasteiger charge is -2.37. The molecule has 0 bridgehead atoms. The Hall–Kier alpha value is -1.06. The van der Waals surface area contributed by atoms with Gasteiger partial charge >= 0.3 is 0 Å². The molecular weight excluding hydrogens is 236 g/mol. The molecule has 0 amide bonds. The molecule has 2 N–H and O–H groups in total. The van der Waals surface area contributed by atoms with Crippen LogP contribution in [0, 0.1) is 6.92 Å². The summed E-state index contributed by atoms with van der Waals surface area (Å²) in [5.74, 6) is 0. The first-order valence-corrected chi connectivity index (χ1v) is 7.07. The second-order valence-electron chi connectivity index (χ2n) is 5.83. The van der Waals surface area contributed by atoms with E-state index in [1.165, 1.54) is 16.8 Å². The van der Waals surface area contributed by atoms with Crippen molar-refractivity contribution in [2.45, 2.75) is 46.2 Å². The molecule has 108 valence electrons. The van der Waals surface area contributed by atoms with Crippen molar-refractivity contribution in [1.29, 1.82) is 0 Å². The largest absolute Gasteiger partial charge is 0.394 e. The first kappa shape index (κ1) is 16.0. The number of nitrogens with zero attached hydrogens (tertiary/aromatic N) is 1. The molecule has 3 heteroatoms. The molecule has 0 aliphatic heterocycles. The highest BCUT2D eigenvalue weighted by molar-refractivity contribution is 5.55. The molecule has 3 nitrogen and oxygen atoms in total. The Morgan fingerprint density at radius 3 is 2.53 bits per heavy atom. The Bertz CT molecular complexity index is 402. The Kier molecular flexibility index (Phi) is 5.83. The van der Waals surface area contributed by atoms with Gasteiger partial charge in [0.25, 0.3) is 0 Å². The number of benzene rings is 1. The summed E-state index contributed by atoms with van der Waals surface area (Å²) in [5, 5.41) is 12.9. The van der Waals surface area contributed by atoms with Gasteiger partial charge in [-0.2, -0.15) is 0 Å². The lowest BCUT2D eigenvalue weighted by atomic mass is 10.0. The fraction of sp³-hybridized carbons (Fsp3) is 0.625. The summed E-state index contributed by atoms with van der Waals surface area (Å²) in [7, 11) is 2.04. The maximum absolute atomic E-state index is 9.46. The van der Waals surface area contributed by atoms with Crippen molar-refractivity contribution in [3.05, 3.63) is 29.3 Å². The minimum Gasteiger partial charge on any atom is -0.394 e. The molecule has 1 rings (SSSR count). The van der Waals surface area contributed by atoms with Crippen LogP contribution in [0.5, 0.6) is 0 Å². The monoisotopic (exact) mass is 264 g/mol. The maximum Gasteiger partial charge on any atom is 0.0658 e. The van der Waals surface area contributed by atoms with E-state index < -0.39 is 0 Å². The number of nitrogens with one attached hydrogen (secondary N) is 1. The van der Waals surface area contributed by atoms with E-state index >= 15 is 0 Å². The number of rotatable bonds is 7. The van der Waals surface area contributed by atoms with Crippen molar-refractivity contribution in [2.24, 2.45) is 0 Å². The van der Waals surface area contributed by atoms with Gasteiger partial charge in [-0.1, -0.05) is 19.1 Å². The minimum atomic E-state index is -0.243. The predicted octanol–water partition coefficient (Wildman–Crippen LogP) is 2.70. The van der Waals surface area contributed by atoms with Crippen LogP contribution in [-0.2, 0) is 6.54 Å². The Balaban J connectivity index is 2.82. The molecule has 0 aliphatic rings. The topological polar surface area (TPSA) is 35.5 Å². The summed E-state index contributed by atoms with van der Waals surface area (Å²) in [6.07, 6.45) is 1.16. The van der Waals surface area contributed by atoms with E-state index in [4.69, 9.17) is 0 Å². The third-order valence-electron chi connectivity index (χ3n) is 3.67. The lowest BCUT2D eigenvalue weighted by Crippen LogP contribution is -2.44. The van der Waals surface area contributed by atoms with Crippen LogP contribution < -0.4 is 10.2 Å². The number of hydrogen-bond acceptors (Lipinski definition) is 3. The van der Waals surface area contributed by atoms with Crippen molar-refractivity contribution in [2.75, 3.05) is 25.1 Å². The standard InChI is InChI=1S/C16H28N2O/c1-6-9-17-11-14-7-8-15(13(2)10-14)18(5)16(3,4)12-19/h7-8,10,17,19H,6,9,11-12H2,1-5H3. The average Bonchev–Trinajstić information content (AvgIpc) is 2.38. The van der Waals surface area contributed by atoms with Crippen LogP contribution in [-0.4, -0.2) is 30.8 Å². The summed E-state index contributed by atoms with van der Waals surface area (Å²) in [5.41, 5.74) is 3.50. The average molecular weight is 264 g/mol. The van der Waals surface area contributed by atoms with Crippen LogP contribution in [0.4, 0.5) is 5.69 Å². The quantitative estimate of drug-likeness (QED) is 0.743. The van der Waals surface area contributed by atoms with Gasteiger partial charge in [-0.05, 0) is 50.9 Å². The van der Waals surface area contributed by atoms with Gasteiger partial charge in [0.1, 0.15) is 0 Å². The highest BCUT2D eigenvalue weighted by atomic mass is 16.3. The fourth-order valence-electron chi connectivity index (χ4n) is 2.05. The zero-order valence-corrected chi connectivity index (χ0v) is 13.0. The van der Waals surface area contributed by atoms with Gasteiger partial charge in [-0.15, -0.1) is 0 Å². The Morgan fingerprint density at radius 2 is 2.00 bits per heavy atom. The summed E-state index contributed by atoms with van der Waals surface area (Å²) in [6, 6.07) is 6.53. The molecule has 0 saturated heterocycles. The number of aryl methyl sites for hydroxylation is 1. The van der Waals surface area contributed by atoms with Crippen LogP contribution in [0.15, 0.2) is 18.2 Å². The van der Waals surface area contributed by atoms with Gasteiger partial charge in [-0.25, -0.2) is 0 Å². The van der Waals surface area contributed by atoms with E-state index in [-0.39, 0.29) is 12.1 Å². The van der Waals surface area contributed by atoms with E-state index in [1.807, 2.05) is 20.9 Å². The first-order chi connectivity index (χ1) is 8.92. The summed E-state index contributed by atoms with van der Waals surface area (Å²) < 4.78 is 0. The maximum atomic E-state index is 9.46. The van der Waals surface area contributed by atoms with Crippen molar-refractivity contribution in [1.82, 2.24) is 5.32 Å². The first-order valence-electron chi connectivity index (χ1n) is 7.07. The molecule has 0 aliphatic carbocycles. The van der Waals surface area contributed by atoms with Gasteiger partial charge in [0.2, 0.25) is 0 Å². The van der Waals surface area contributed by atoms with Gasteiger partial charge in [0.05, 0.1) is 12.1 Å². The third-order valence-corrected chi connectivity index (χ3v) is 3.67. The molecule has 0 aromatic heterocycles. The predicted molar refractivity (Wildman–Crippen MR) is 82.7 cm³/mol. The van der Waals surface area contributed by atoms with Crippen LogP contribution in [0.25, 0.3) is 0 Å². The van der Waals surface area contributed by atoms with E-state index in [1.54, 1.807) is 0 Å². The molecule has 0 atom stereocenters. The highest BCUT2D eigenvalue weighted by Gasteiger charge is 2.23. The summed E-state index contributed by atoms with van der Waals surface area (Å²) in [6.45, 7) is 10.5. The van der Waals surface area contributed by atoms with Crippen molar-refractivity contribution in [3.63, 3.8) is 0 Å². The van der Waals surface area contributed by atoms with E-state index in [0.717, 1.165) is 19.5 Å². The van der Waals surface area contributed by atoms with Crippen molar-refractivity contribution >= 4 is 5.69 Å². The zero-order chi connectivity index (χ0) is 14.5. The molecule has 1 aromatic rings. The van der Waals surface area contributed by atoms with E-state index in [2.05, 4.69) is 42.3 Å². The third kappa shape index (κ3) is 4.22. The van der Waals surface area contributed by atoms with Gasteiger partial charge in [0, 0.05) is 19.3 Å². The van der Waals surface area contributed by atoms with Crippen molar-refractivity contribution < 1.29 is 5.11 Å². The SMILES string of the molecule is CCCNCc1ccc(N(C)C(C)(C)CO)c(C)c1. The Labute approximate surface area is 117 Å². The van der Waals surface area contributed by atoms with E-state index in [0.29, 0.717) is 0 Å². The second kappa shape index (κ2) is 6.92. The molecule has 0 heterocycles. The zero-order valence-electron chi connectivity index (χ0n) is 13.0. The van der Waals surface area contributed by atoms with Crippen LogP contribution >= 0.6 is 0 Å². The minimum absolute atomic E-state index is 0.142. The van der Waals surface area contributed by atoms with Crippen molar-refractivity contribution in [3.8, 4) is 0 Å². The smallest absolute Gasteiger partial charge is 0.0658 e. The highest BCUT2D eigenvalue weighted by Crippen LogP contribution is 2.26. The van der Waals surface area contributed by atoms with Gasteiger partial charge in [-0.3, -0.25) is 0 Å². The Morgan fingerprint density at radius 1 is 1.32 bits per heavy atom. The molecule has 0 spiro atoms. The molecule has 0 fully saturated rings. The molecule has 0 saturated carbocycles. The lowest BCUT2D eigenvalue weighted by molar-refractivity contribution is 0.216. The molecule has 19 heavy (non-hydrogen) atoms. The summed E-state index contributed by atoms with van der Waals surface area (Å²) in [4.78, 5) is 2.14. The van der Waals surface area contributed by atoms with Crippen LogP contribution in [0.2, 0.25) is 0 Å². The van der Waals surface area contributed by atoms with Gasteiger partial charge < -0.3 is 15.3 Å². The second-order valence-corrected chi connectivity index (χ2v) is 5.83.